The van der Waals surface area contributed by atoms with E-state index in [4.69, 9.17) is 28.3 Å². The molecule has 5 heteroatoms. The van der Waals surface area contributed by atoms with Crippen LogP contribution in [0.3, 0.4) is 0 Å². The summed E-state index contributed by atoms with van der Waals surface area (Å²) in [6.45, 7) is 0.331. The van der Waals surface area contributed by atoms with E-state index in [1.54, 1.807) is 18.2 Å². The Labute approximate surface area is 127 Å². The fourth-order valence-electron chi connectivity index (χ4n) is 1.79. The van der Waals surface area contributed by atoms with Gasteiger partial charge in [-0.1, -0.05) is 53.5 Å². The van der Waals surface area contributed by atoms with E-state index in [0.29, 0.717) is 17.1 Å². The Morgan fingerprint density at radius 2 is 1.80 bits per heavy atom. The summed E-state index contributed by atoms with van der Waals surface area (Å²) >= 11 is 11.9. The lowest BCUT2D eigenvalue weighted by molar-refractivity contribution is 0.0951. The van der Waals surface area contributed by atoms with Crippen molar-refractivity contribution in [2.45, 2.75) is 13.2 Å². The second-order valence-electron chi connectivity index (χ2n) is 4.26. The first kappa shape index (κ1) is 14.9. The first-order valence-corrected chi connectivity index (χ1v) is 6.78. The molecule has 1 amide bonds. The lowest BCUT2D eigenvalue weighted by Gasteiger charge is -2.08. The van der Waals surface area contributed by atoms with Crippen molar-refractivity contribution in [1.29, 1.82) is 0 Å². The number of hydrogen-bond acceptors (Lipinski definition) is 2. The van der Waals surface area contributed by atoms with E-state index in [1.807, 2.05) is 24.3 Å². The highest BCUT2D eigenvalue weighted by Gasteiger charge is 2.12. The van der Waals surface area contributed by atoms with Gasteiger partial charge < -0.3 is 10.4 Å². The van der Waals surface area contributed by atoms with Crippen LogP contribution in [-0.4, -0.2) is 11.0 Å². The summed E-state index contributed by atoms with van der Waals surface area (Å²) in [6.07, 6.45) is 0. The highest BCUT2D eigenvalue weighted by atomic mass is 35.5. The minimum Gasteiger partial charge on any atom is -0.392 e. The molecular formula is C15H13Cl2NO2. The molecule has 0 atom stereocenters. The first-order chi connectivity index (χ1) is 9.61. The maximum Gasteiger partial charge on any atom is 0.253 e. The number of hydrogen-bond donors (Lipinski definition) is 2. The Balaban J connectivity index is 2.06. The van der Waals surface area contributed by atoms with Gasteiger partial charge in [0.1, 0.15) is 0 Å². The van der Waals surface area contributed by atoms with Crippen molar-refractivity contribution in [2.24, 2.45) is 0 Å². The van der Waals surface area contributed by atoms with Crippen LogP contribution in [0.5, 0.6) is 0 Å². The molecular weight excluding hydrogens is 297 g/mol. The number of benzene rings is 2. The van der Waals surface area contributed by atoms with Gasteiger partial charge in [-0.2, -0.15) is 0 Å². The van der Waals surface area contributed by atoms with Gasteiger partial charge in [0.05, 0.1) is 22.2 Å². The molecule has 0 aromatic heterocycles. The summed E-state index contributed by atoms with van der Waals surface area (Å²) in [4.78, 5) is 12.0. The molecule has 0 fully saturated rings. The van der Waals surface area contributed by atoms with Crippen molar-refractivity contribution in [3.8, 4) is 0 Å². The second kappa shape index (κ2) is 6.75. The van der Waals surface area contributed by atoms with Gasteiger partial charge in [0, 0.05) is 6.54 Å². The van der Waals surface area contributed by atoms with E-state index in [2.05, 4.69) is 5.32 Å². The molecule has 0 heterocycles. The average molecular weight is 310 g/mol. The molecule has 0 bridgehead atoms. The molecule has 0 aliphatic heterocycles. The summed E-state index contributed by atoms with van der Waals surface area (Å²) < 4.78 is 0. The van der Waals surface area contributed by atoms with Crippen LogP contribution in [-0.2, 0) is 13.2 Å². The molecule has 2 aromatic carbocycles. The van der Waals surface area contributed by atoms with Gasteiger partial charge >= 0.3 is 0 Å². The number of halogens is 2. The zero-order valence-corrected chi connectivity index (χ0v) is 12.1. The van der Waals surface area contributed by atoms with Crippen LogP contribution in [0.15, 0.2) is 42.5 Å². The maximum absolute atomic E-state index is 12.0. The summed E-state index contributed by atoms with van der Waals surface area (Å²) in [7, 11) is 0. The van der Waals surface area contributed by atoms with Gasteiger partial charge in [0.25, 0.3) is 5.91 Å². The van der Waals surface area contributed by atoms with E-state index >= 15 is 0 Å². The van der Waals surface area contributed by atoms with E-state index in [1.165, 1.54) is 0 Å². The zero-order chi connectivity index (χ0) is 14.5. The third-order valence-corrected chi connectivity index (χ3v) is 3.64. The van der Waals surface area contributed by atoms with E-state index in [0.717, 1.165) is 11.1 Å². The van der Waals surface area contributed by atoms with E-state index < -0.39 is 0 Å². The number of amides is 1. The van der Waals surface area contributed by atoms with Crippen LogP contribution in [0.25, 0.3) is 0 Å². The van der Waals surface area contributed by atoms with Gasteiger partial charge in [-0.15, -0.1) is 0 Å². The predicted octanol–water partition coefficient (Wildman–Crippen LogP) is 3.42. The van der Waals surface area contributed by atoms with Crippen LogP contribution < -0.4 is 5.32 Å². The third-order valence-electron chi connectivity index (χ3n) is 2.82. The largest absolute Gasteiger partial charge is 0.392 e. The highest BCUT2D eigenvalue weighted by Crippen LogP contribution is 2.25. The monoisotopic (exact) mass is 309 g/mol. The fraction of sp³-hybridized carbons (Fsp3) is 0.133. The van der Waals surface area contributed by atoms with Crippen molar-refractivity contribution in [2.75, 3.05) is 0 Å². The summed E-state index contributed by atoms with van der Waals surface area (Å²) in [6, 6.07) is 12.3. The number of carbonyl (C=O) groups excluding carboxylic acids is 1. The fourth-order valence-corrected chi connectivity index (χ4v) is 2.18. The number of aliphatic hydroxyl groups excluding tert-OH is 1. The summed E-state index contributed by atoms with van der Waals surface area (Å²) in [5.74, 6) is -0.285. The molecule has 0 spiro atoms. The highest BCUT2D eigenvalue weighted by molar-refractivity contribution is 6.43. The van der Waals surface area contributed by atoms with Gasteiger partial charge in [0.15, 0.2) is 0 Å². The van der Waals surface area contributed by atoms with Crippen molar-refractivity contribution < 1.29 is 9.90 Å². The average Bonchev–Trinajstić information content (AvgIpc) is 2.48. The SMILES string of the molecule is O=C(NCc1cccc(CO)c1)c1cccc(Cl)c1Cl. The lowest BCUT2D eigenvalue weighted by atomic mass is 10.1. The van der Waals surface area contributed by atoms with Crippen LogP contribution in [0.1, 0.15) is 21.5 Å². The minimum atomic E-state index is -0.285. The van der Waals surface area contributed by atoms with Crippen molar-refractivity contribution >= 4 is 29.1 Å². The van der Waals surface area contributed by atoms with Crippen LogP contribution in [0.4, 0.5) is 0 Å². The first-order valence-electron chi connectivity index (χ1n) is 6.02. The molecule has 0 unspecified atom stereocenters. The standard InChI is InChI=1S/C15H13Cl2NO2/c16-13-6-2-5-12(14(13)17)15(20)18-8-10-3-1-4-11(7-10)9-19/h1-7,19H,8-9H2,(H,18,20). The molecule has 3 nitrogen and oxygen atoms in total. The van der Waals surface area contributed by atoms with Crippen LogP contribution in [0.2, 0.25) is 10.0 Å². The molecule has 2 rings (SSSR count). The van der Waals surface area contributed by atoms with Crippen molar-refractivity contribution in [3.63, 3.8) is 0 Å². The van der Waals surface area contributed by atoms with Gasteiger partial charge in [-0.3, -0.25) is 4.79 Å². The smallest absolute Gasteiger partial charge is 0.253 e. The predicted molar refractivity (Wildman–Crippen MR) is 80.0 cm³/mol. The Morgan fingerprint density at radius 1 is 1.10 bits per heavy atom. The van der Waals surface area contributed by atoms with E-state index in [-0.39, 0.29) is 17.5 Å². The number of carbonyl (C=O) groups is 1. The minimum absolute atomic E-state index is 0.0259. The number of rotatable bonds is 4. The normalized spacial score (nSPS) is 10.3. The number of nitrogens with one attached hydrogen (secondary N) is 1. The molecule has 0 aliphatic rings. The Bertz CT molecular complexity index is 629. The topological polar surface area (TPSA) is 49.3 Å². The molecule has 0 aliphatic carbocycles. The Morgan fingerprint density at radius 3 is 2.55 bits per heavy atom. The van der Waals surface area contributed by atoms with E-state index in [9.17, 15) is 4.79 Å². The molecule has 2 aromatic rings. The van der Waals surface area contributed by atoms with Gasteiger partial charge in [0.2, 0.25) is 0 Å². The Hall–Kier alpha value is -1.55. The zero-order valence-electron chi connectivity index (χ0n) is 10.6. The molecule has 104 valence electrons. The maximum atomic E-state index is 12.0. The second-order valence-corrected chi connectivity index (χ2v) is 5.05. The van der Waals surface area contributed by atoms with Crippen molar-refractivity contribution in [3.05, 3.63) is 69.2 Å². The Kier molecular flexibility index (Phi) is 5.01. The summed E-state index contributed by atoms with van der Waals surface area (Å²) in [5.41, 5.74) is 2.05. The van der Waals surface area contributed by atoms with Gasteiger partial charge in [-0.05, 0) is 23.3 Å². The molecule has 2 N–H and O–H groups in total. The molecule has 0 saturated heterocycles. The van der Waals surface area contributed by atoms with Crippen molar-refractivity contribution in [1.82, 2.24) is 5.32 Å². The quantitative estimate of drug-likeness (QED) is 0.909. The lowest BCUT2D eigenvalue weighted by Crippen LogP contribution is -2.23. The molecule has 20 heavy (non-hydrogen) atoms. The number of aliphatic hydroxyl groups is 1. The third kappa shape index (κ3) is 3.51. The molecule has 0 radical (unpaired) electrons. The van der Waals surface area contributed by atoms with Crippen LogP contribution in [0, 0.1) is 0 Å². The van der Waals surface area contributed by atoms with Gasteiger partial charge in [-0.25, -0.2) is 0 Å². The molecule has 0 saturated carbocycles. The van der Waals surface area contributed by atoms with Crippen LogP contribution >= 0.6 is 23.2 Å². The summed E-state index contributed by atoms with van der Waals surface area (Å²) in [5, 5.41) is 12.4.